The summed E-state index contributed by atoms with van der Waals surface area (Å²) in [5.74, 6) is 0. The number of aromatic nitrogens is 2. The summed E-state index contributed by atoms with van der Waals surface area (Å²) in [6.45, 7) is 3.95. The molecule has 0 radical (unpaired) electrons. The average molecular weight is 221 g/mol. The first-order valence-electron chi connectivity index (χ1n) is 5.08. The summed E-state index contributed by atoms with van der Waals surface area (Å²) in [5.41, 5.74) is 2.55. The topological polar surface area (TPSA) is 29.9 Å². The van der Waals surface area contributed by atoms with Crippen molar-refractivity contribution in [1.29, 1.82) is 0 Å². The first-order chi connectivity index (χ1) is 7.33. The lowest BCUT2D eigenvalue weighted by Crippen LogP contribution is -2.03. The van der Waals surface area contributed by atoms with Gasteiger partial charge in [0, 0.05) is 29.7 Å². The summed E-state index contributed by atoms with van der Waals surface area (Å²) < 4.78 is 1.95. The Morgan fingerprint density at radius 2 is 2.40 bits per heavy atom. The van der Waals surface area contributed by atoms with E-state index in [1.807, 2.05) is 17.9 Å². The van der Waals surface area contributed by atoms with Gasteiger partial charge in [-0.25, -0.2) is 0 Å². The van der Waals surface area contributed by atoms with Crippen LogP contribution in [0.5, 0.6) is 0 Å². The van der Waals surface area contributed by atoms with Crippen LogP contribution in [0.25, 0.3) is 10.4 Å². The quantitative estimate of drug-likeness (QED) is 0.859. The minimum absolute atomic E-state index is 0.925. The predicted octanol–water partition coefficient (Wildman–Crippen LogP) is 2.35. The predicted molar refractivity (Wildman–Crippen MR) is 64.0 cm³/mol. The molecule has 0 amide bonds. The largest absolute Gasteiger partial charge is 0.316 e. The van der Waals surface area contributed by atoms with Crippen molar-refractivity contribution in [2.45, 2.75) is 20.0 Å². The molecule has 0 fully saturated rings. The molecule has 0 saturated heterocycles. The Balaban J connectivity index is 2.21. The third kappa shape index (κ3) is 2.27. The van der Waals surface area contributed by atoms with E-state index in [4.69, 9.17) is 0 Å². The first kappa shape index (κ1) is 10.4. The maximum atomic E-state index is 4.27. The Hall–Kier alpha value is -1.13. The molecule has 0 saturated carbocycles. The lowest BCUT2D eigenvalue weighted by Gasteiger charge is -1.92. The summed E-state index contributed by atoms with van der Waals surface area (Å²) in [4.78, 5) is 1.29. The van der Waals surface area contributed by atoms with E-state index in [2.05, 4.69) is 35.0 Å². The minimum Gasteiger partial charge on any atom is -0.316 e. The molecule has 4 heteroatoms. The van der Waals surface area contributed by atoms with Gasteiger partial charge in [0.15, 0.2) is 0 Å². The van der Waals surface area contributed by atoms with Crippen LogP contribution < -0.4 is 5.32 Å². The van der Waals surface area contributed by atoms with E-state index in [1.54, 1.807) is 11.3 Å². The van der Waals surface area contributed by atoms with Crippen molar-refractivity contribution < 1.29 is 0 Å². The zero-order valence-electron chi connectivity index (χ0n) is 9.03. The normalized spacial score (nSPS) is 10.8. The summed E-state index contributed by atoms with van der Waals surface area (Å²) in [7, 11) is 1.96. The van der Waals surface area contributed by atoms with Crippen molar-refractivity contribution in [2.75, 3.05) is 7.05 Å². The highest BCUT2D eigenvalue weighted by molar-refractivity contribution is 7.13. The third-order valence-corrected chi connectivity index (χ3v) is 3.30. The molecule has 0 bridgehead atoms. The van der Waals surface area contributed by atoms with Crippen LogP contribution in [-0.4, -0.2) is 16.8 Å². The van der Waals surface area contributed by atoms with Crippen molar-refractivity contribution in [2.24, 2.45) is 0 Å². The third-order valence-electron chi connectivity index (χ3n) is 2.28. The lowest BCUT2D eigenvalue weighted by atomic mass is 10.2. The van der Waals surface area contributed by atoms with Crippen LogP contribution in [0.4, 0.5) is 0 Å². The van der Waals surface area contributed by atoms with Crippen LogP contribution >= 0.6 is 11.3 Å². The summed E-state index contributed by atoms with van der Waals surface area (Å²) in [6.07, 6.45) is 4.02. The van der Waals surface area contributed by atoms with Crippen molar-refractivity contribution >= 4 is 11.3 Å². The highest BCUT2D eigenvalue weighted by atomic mass is 32.1. The van der Waals surface area contributed by atoms with Gasteiger partial charge in [-0.2, -0.15) is 5.10 Å². The van der Waals surface area contributed by atoms with Crippen LogP contribution in [0, 0.1) is 0 Å². The van der Waals surface area contributed by atoms with Gasteiger partial charge in [-0.05, 0) is 31.0 Å². The number of thiophene rings is 1. The lowest BCUT2D eigenvalue weighted by molar-refractivity contribution is 0.660. The van der Waals surface area contributed by atoms with Gasteiger partial charge in [-0.15, -0.1) is 11.3 Å². The molecule has 15 heavy (non-hydrogen) atoms. The van der Waals surface area contributed by atoms with E-state index in [0.29, 0.717) is 0 Å². The van der Waals surface area contributed by atoms with Gasteiger partial charge in [0.25, 0.3) is 0 Å². The molecule has 2 aromatic heterocycles. The van der Waals surface area contributed by atoms with Crippen molar-refractivity contribution in [3.05, 3.63) is 29.4 Å². The second-order valence-corrected chi connectivity index (χ2v) is 4.35. The Labute approximate surface area is 93.7 Å². The fraction of sp³-hybridized carbons (Fsp3) is 0.364. The standard InChI is InChI=1S/C11H15N3S/c1-3-14-7-10(6-13-14)11-4-9(5-12-2)8-15-11/h4,6-8,12H,3,5H2,1-2H3. The van der Waals surface area contributed by atoms with Crippen molar-refractivity contribution in [3.8, 4) is 10.4 Å². The van der Waals surface area contributed by atoms with Gasteiger partial charge >= 0.3 is 0 Å². The van der Waals surface area contributed by atoms with Gasteiger partial charge in [0.2, 0.25) is 0 Å². The minimum atomic E-state index is 0.925. The van der Waals surface area contributed by atoms with Gasteiger partial charge in [0.05, 0.1) is 6.20 Å². The molecule has 0 spiro atoms. The molecule has 3 nitrogen and oxygen atoms in total. The van der Waals surface area contributed by atoms with E-state index in [9.17, 15) is 0 Å². The SMILES string of the molecule is CCn1cc(-c2cc(CNC)cs2)cn1. The number of aryl methyl sites for hydroxylation is 1. The second kappa shape index (κ2) is 4.59. The Kier molecular flexibility index (Phi) is 3.18. The van der Waals surface area contributed by atoms with Crippen LogP contribution in [0.15, 0.2) is 23.8 Å². The molecule has 1 N–H and O–H groups in total. The molecule has 2 heterocycles. The molecule has 0 aliphatic carbocycles. The van der Waals surface area contributed by atoms with Crippen LogP contribution in [0.3, 0.4) is 0 Å². The molecule has 0 aliphatic heterocycles. The zero-order valence-corrected chi connectivity index (χ0v) is 9.84. The highest BCUT2D eigenvalue weighted by Gasteiger charge is 2.04. The van der Waals surface area contributed by atoms with Gasteiger partial charge in [-0.1, -0.05) is 0 Å². The fourth-order valence-electron chi connectivity index (χ4n) is 1.49. The first-order valence-corrected chi connectivity index (χ1v) is 5.96. The van der Waals surface area contributed by atoms with E-state index in [1.165, 1.54) is 16.0 Å². The Morgan fingerprint density at radius 1 is 1.53 bits per heavy atom. The number of nitrogens with zero attached hydrogens (tertiary/aromatic N) is 2. The maximum absolute atomic E-state index is 4.27. The molecular weight excluding hydrogens is 206 g/mol. The van der Waals surface area contributed by atoms with E-state index in [0.717, 1.165) is 13.1 Å². The molecule has 2 aromatic rings. The van der Waals surface area contributed by atoms with Crippen LogP contribution in [0.2, 0.25) is 0 Å². The van der Waals surface area contributed by atoms with Crippen molar-refractivity contribution in [1.82, 2.24) is 15.1 Å². The monoisotopic (exact) mass is 221 g/mol. The number of rotatable bonds is 4. The maximum Gasteiger partial charge on any atom is 0.0576 e. The number of hydrogen-bond acceptors (Lipinski definition) is 3. The molecular formula is C11H15N3S. The zero-order chi connectivity index (χ0) is 10.7. The van der Waals surface area contributed by atoms with Crippen LogP contribution in [-0.2, 0) is 13.1 Å². The van der Waals surface area contributed by atoms with Gasteiger partial charge in [0.1, 0.15) is 0 Å². The van der Waals surface area contributed by atoms with E-state index in [-0.39, 0.29) is 0 Å². The van der Waals surface area contributed by atoms with E-state index < -0.39 is 0 Å². The molecule has 2 rings (SSSR count). The Bertz CT molecular complexity index is 430. The van der Waals surface area contributed by atoms with Crippen LogP contribution in [0.1, 0.15) is 12.5 Å². The Morgan fingerprint density at radius 3 is 3.07 bits per heavy atom. The fourth-order valence-corrected chi connectivity index (χ4v) is 2.38. The smallest absolute Gasteiger partial charge is 0.0576 e. The summed E-state index contributed by atoms with van der Waals surface area (Å²) >= 11 is 1.77. The second-order valence-electron chi connectivity index (χ2n) is 3.43. The number of nitrogens with one attached hydrogen (secondary N) is 1. The molecule has 0 unspecified atom stereocenters. The molecule has 80 valence electrons. The number of hydrogen-bond donors (Lipinski definition) is 1. The molecule has 0 aromatic carbocycles. The molecule has 0 aliphatic rings. The highest BCUT2D eigenvalue weighted by Crippen LogP contribution is 2.26. The van der Waals surface area contributed by atoms with Gasteiger partial charge in [-0.3, -0.25) is 4.68 Å². The summed E-state index contributed by atoms with van der Waals surface area (Å²) in [6, 6.07) is 2.22. The van der Waals surface area contributed by atoms with E-state index >= 15 is 0 Å². The average Bonchev–Trinajstić information content (AvgIpc) is 2.85. The summed E-state index contributed by atoms with van der Waals surface area (Å²) in [5, 5.41) is 9.61. The molecule has 0 atom stereocenters. The van der Waals surface area contributed by atoms with Crippen molar-refractivity contribution in [3.63, 3.8) is 0 Å². The van der Waals surface area contributed by atoms with Gasteiger partial charge < -0.3 is 5.32 Å².